The topological polar surface area (TPSA) is 51.9 Å². The molecule has 3 heterocycles. The number of dihydropyridines is 1. The fourth-order valence-corrected chi connectivity index (χ4v) is 4.38. The van der Waals surface area contributed by atoms with Crippen LogP contribution in [0.15, 0.2) is 34.8 Å². The minimum Gasteiger partial charge on any atom is -0.493 e. The van der Waals surface area contributed by atoms with E-state index in [1.807, 2.05) is 13.1 Å². The van der Waals surface area contributed by atoms with Gasteiger partial charge in [-0.2, -0.15) is 0 Å². The number of ether oxygens (including phenoxy) is 1. The van der Waals surface area contributed by atoms with Crippen LogP contribution < -0.4 is 4.74 Å². The Morgan fingerprint density at radius 3 is 2.79 bits per heavy atom. The maximum absolute atomic E-state index is 7.88. The van der Waals surface area contributed by atoms with Crippen LogP contribution in [0.1, 0.15) is 37.3 Å². The number of amidine groups is 1. The van der Waals surface area contributed by atoms with E-state index in [-0.39, 0.29) is 0 Å². The first-order chi connectivity index (χ1) is 13.7. The zero-order valence-electron chi connectivity index (χ0n) is 17.0. The highest BCUT2D eigenvalue weighted by molar-refractivity contribution is 5.76. The first-order valence-corrected chi connectivity index (χ1v) is 10.6. The van der Waals surface area contributed by atoms with Gasteiger partial charge in [0.1, 0.15) is 5.75 Å². The van der Waals surface area contributed by atoms with Crippen molar-refractivity contribution >= 4 is 12.1 Å². The van der Waals surface area contributed by atoms with E-state index in [0.29, 0.717) is 11.8 Å². The van der Waals surface area contributed by atoms with Crippen LogP contribution in [-0.4, -0.2) is 61.2 Å². The lowest BCUT2D eigenvalue weighted by Crippen LogP contribution is -2.37. The molecule has 1 aromatic carbocycles. The van der Waals surface area contributed by atoms with Crippen LogP contribution in [0.25, 0.3) is 0 Å². The highest BCUT2D eigenvalue weighted by Gasteiger charge is 2.21. The highest BCUT2D eigenvalue weighted by Crippen LogP contribution is 2.26. The summed E-state index contributed by atoms with van der Waals surface area (Å²) < 4.78 is 6.17. The summed E-state index contributed by atoms with van der Waals surface area (Å²) in [5.41, 5.74) is 4.24. The quantitative estimate of drug-likeness (QED) is 0.628. The molecule has 0 amide bonds. The van der Waals surface area contributed by atoms with Gasteiger partial charge >= 0.3 is 0 Å². The first kappa shape index (κ1) is 19.2. The van der Waals surface area contributed by atoms with E-state index in [9.17, 15) is 0 Å². The van der Waals surface area contributed by atoms with Crippen LogP contribution in [0.3, 0.4) is 0 Å². The molecule has 0 unspecified atom stereocenters. The van der Waals surface area contributed by atoms with Crippen LogP contribution in [0.4, 0.5) is 0 Å². The van der Waals surface area contributed by atoms with E-state index in [1.54, 1.807) is 0 Å². The number of benzene rings is 1. The molecule has 0 aromatic heterocycles. The molecule has 1 fully saturated rings. The molecule has 0 saturated carbocycles. The minimum atomic E-state index is 0.648. The van der Waals surface area contributed by atoms with Gasteiger partial charge in [-0.3, -0.25) is 15.3 Å². The predicted molar refractivity (Wildman–Crippen MR) is 115 cm³/mol. The normalized spacial score (nSPS) is 20.6. The van der Waals surface area contributed by atoms with Crippen molar-refractivity contribution in [2.45, 2.75) is 39.2 Å². The molecule has 0 spiro atoms. The summed E-state index contributed by atoms with van der Waals surface area (Å²) in [6.07, 6.45) is 8.72. The molecular weight excluding hydrogens is 348 g/mol. The van der Waals surface area contributed by atoms with Gasteiger partial charge in [0.05, 0.1) is 12.4 Å². The number of likely N-dealkylation sites (tertiary alicyclic amines) is 1. The van der Waals surface area contributed by atoms with Crippen molar-refractivity contribution in [1.29, 1.82) is 5.41 Å². The fourth-order valence-electron chi connectivity index (χ4n) is 4.38. The van der Waals surface area contributed by atoms with E-state index < -0.39 is 0 Å². The Morgan fingerprint density at radius 2 is 2.04 bits per heavy atom. The maximum atomic E-state index is 7.88. The number of aliphatic imine (C=N–C) groups is 1. The lowest BCUT2D eigenvalue weighted by Gasteiger charge is -2.33. The van der Waals surface area contributed by atoms with Gasteiger partial charge < -0.3 is 9.64 Å². The Morgan fingerprint density at radius 1 is 1.18 bits per heavy atom. The summed E-state index contributed by atoms with van der Waals surface area (Å²) in [5.74, 6) is 2.28. The zero-order valence-corrected chi connectivity index (χ0v) is 17.0. The molecule has 0 radical (unpaired) electrons. The molecule has 0 aliphatic carbocycles. The van der Waals surface area contributed by atoms with Gasteiger partial charge in [0.25, 0.3) is 0 Å². The molecule has 0 atom stereocenters. The summed E-state index contributed by atoms with van der Waals surface area (Å²) in [4.78, 5) is 8.99. The lowest BCUT2D eigenvalue weighted by molar-refractivity contribution is 0.148. The van der Waals surface area contributed by atoms with Crippen molar-refractivity contribution in [3.63, 3.8) is 0 Å². The summed E-state index contributed by atoms with van der Waals surface area (Å²) in [6, 6.07) is 6.53. The number of piperidine rings is 1. The van der Waals surface area contributed by atoms with E-state index in [0.717, 1.165) is 51.4 Å². The van der Waals surface area contributed by atoms with Gasteiger partial charge in [-0.25, -0.2) is 0 Å². The van der Waals surface area contributed by atoms with E-state index in [2.05, 4.69) is 39.1 Å². The van der Waals surface area contributed by atoms with E-state index in [4.69, 9.17) is 10.1 Å². The summed E-state index contributed by atoms with van der Waals surface area (Å²) in [6.45, 7) is 8.86. The third kappa shape index (κ3) is 4.82. The fraction of sp³-hybridized carbons (Fsp3) is 0.565. The number of allylic oxidation sites excluding steroid dienone is 1. The van der Waals surface area contributed by atoms with Crippen LogP contribution >= 0.6 is 0 Å². The molecule has 1 N–H and O–H groups in total. The third-order valence-electron chi connectivity index (χ3n) is 6.26. The average Bonchev–Trinajstić information content (AvgIpc) is 2.73. The van der Waals surface area contributed by atoms with Crippen molar-refractivity contribution in [3.8, 4) is 5.75 Å². The van der Waals surface area contributed by atoms with Gasteiger partial charge in [-0.1, -0.05) is 11.6 Å². The molecular formula is C23H32N4O. The third-order valence-corrected chi connectivity index (χ3v) is 6.26. The Kier molecular flexibility index (Phi) is 6.10. The van der Waals surface area contributed by atoms with Gasteiger partial charge in [0, 0.05) is 32.4 Å². The van der Waals surface area contributed by atoms with Crippen LogP contribution in [-0.2, 0) is 13.0 Å². The Hall–Kier alpha value is -2.14. The zero-order chi connectivity index (χ0) is 19.3. The van der Waals surface area contributed by atoms with Crippen LogP contribution in [0.5, 0.6) is 5.75 Å². The second-order valence-corrected chi connectivity index (χ2v) is 8.35. The minimum absolute atomic E-state index is 0.648. The number of fused-ring (bicyclic) bond motifs is 1. The number of nitrogens with one attached hydrogen (secondary N) is 1. The van der Waals surface area contributed by atoms with Gasteiger partial charge in [-0.05, 0) is 81.0 Å². The van der Waals surface area contributed by atoms with Crippen molar-refractivity contribution < 1.29 is 4.74 Å². The molecule has 0 bridgehead atoms. The molecule has 1 aromatic rings. The lowest BCUT2D eigenvalue weighted by atomic mass is 9.96. The largest absolute Gasteiger partial charge is 0.493 e. The van der Waals surface area contributed by atoms with Crippen molar-refractivity contribution in [2.75, 3.05) is 39.3 Å². The van der Waals surface area contributed by atoms with Crippen molar-refractivity contribution in [3.05, 3.63) is 41.0 Å². The number of rotatable bonds is 5. The molecule has 150 valence electrons. The Labute approximate surface area is 168 Å². The molecule has 3 aliphatic rings. The Balaban J connectivity index is 1.24. The molecule has 4 rings (SSSR count). The van der Waals surface area contributed by atoms with Gasteiger partial charge in [0.15, 0.2) is 0 Å². The molecule has 28 heavy (non-hydrogen) atoms. The first-order valence-electron chi connectivity index (χ1n) is 10.6. The number of nitrogens with zero attached hydrogens (tertiary/aromatic N) is 3. The highest BCUT2D eigenvalue weighted by atomic mass is 16.5. The summed E-state index contributed by atoms with van der Waals surface area (Å²) in [7, 11) is 0. The second kappa shape index (κ2) is 8.91. The van der Waals surface area contributed by atoms with Gasteiger partial charge in [-0.15, -0.1) is 0 Å². The monoisotopic (exact) mass is 380 g/mol. The molecule has 3 aliphatic heterocycles. The van der Waals surface area contributed by atoms with Crippen LogP contribution in [0.2, 0.25) is 0 Å². The molecule has 5 heteroatoms. The Bertz CT molecular complexity index is 762. The predicted octanol–water partition coefficient (Wildman–Crippen LogP) is 3.53. The standard InChI is InChI=1S/C23H32N4O/c1-18(24)27-13-8-21-2-3-23(14-22(21)16-27)28-17-20-6-11-26(12-7-20)15-19-4-9-25-10-5-19/h2-4,9,14,20,24H,5-8,10-13,15-17H2,1H3. The molecule has 5 nitrogen and oxygen atoms in total. The summed E-state index contributed by atoms with van der Waals surface area (Å²) >= 11 is 0. The summed E-state index contributed by atoms with van der Waals surface area (Å²) in [5, 5.41) is 7.88. The number of hydrogen-bond donors (Lipinski definition) is 1. The van der Waals surface area contributed by atoms with Crippen molar-refractivity contribution in [1.82, 2.24) is 9.80 Å². The molecule has 1 saturated heterocycles. The van der Waals surface area contributed by atoms with Crippen molar-refractivity contribution in [2.24, 2.45) is 10.9 Å². The van der Waals surface area contributed by atoms with E-state index in [1.165, 1.54) is 42.6 Å². The smallest absolute Gasteiger partial charge is 0.119 e. The second-order valence-electron chi connectivity index (χ2n) is 8.35. The van der Waals surface area contributed by atoms with E-state index >= 15 is 0 Å². The average molecular weight is 381 g/mol. The van der Waals surface area contributed by atoms with Gasteiger partial charge in [0.2, 0.25) is 0 Å². The SMILES string of the molecule is CC(=N)N1CCc2ccc(OCC3CCN(CC4=CC=NCC4)CC3)cc2C1. The number of hydrogen-bond acceptors (Lipinski definition) is 4. The maximum Gasteiger partial charge on any atom is 0.119 e. The van der Waals surface area contributed by atoms with Crippen LogP contribution in [0, 0.1) is 11.3 Å².